The summed E-state index contributed by atoms with van der Waals surface area (Å²) in [7, 11) is 0. The van der Waals surface area contributed by atoms with Crippen LogP contribution in [0.15, 0.2) is 47.1 Å². The van der Waals surface area contributed by atoms with Crippen molar-refractivity contribution in [3.05, 3.63) is 58.5 Å². The second kappa shape index (κ2) is 5.01. The number of hydrogen-bond donors (Lipinski definition) is 0. The predicted octanol–water partition coefficient (Wildman–Crippen LogP) is 3.38. The number of fused-ring (bicyclic) bond motifs is 1. The molecule has 0 spiro atoms. The molecule has 2 aromatic heterocycles. The second-order valence-electron chi connectivity index (χ2n) is 4.29. The Balaban J connectivity index is 1.80. The Morgan fingerprint density at radius 1 is 1.16 bits per heavy atom. The Kier molecular flexibility index (Phi) is 3.21. The van der Waals surface area contributed by atoms with Gasteiger partial charge in [0.25, 0.3) is 0 Å². The number of aromatic nitrogens is 3. The zero-order valence-electron chi connectivity index (χ0n) is 10.4. The Bertz CT molecular complexity index is 706. The largest absolute Gasteiger partial charge is 0.486 e. The van der Waals surface area contributed by atoms with Crippen LogP contribution in [0.4, 0.5) is 0 Å². The normalized spacial score (nSPS) is 10.8. The van der Waals surface area contributed by atoms with Gasteiger partial charge in [-0.15, -0.1) is 10.2 Å². The second-order valence-corrected chi connectivity index (χ2v) is 5.21. The summed E-state index contributed by atoms with van der Waals surface area (Å²) in [5.41, 5.74) is 2.02. The first-order valence-electron chi connectivity index (χ1n) is 5.91. The van der Waals surface area contributed by atoms with Gasteiger partial charge in [-0.25, -0.2) is 0 Å². The SMILES string of the molecule is Cc1ccc(OCc2nnc3cc(Br)ccn23)cc1. The van der Waals surface area contributed by atoms with Crippen LogP contribution in [0.2, 0.25) is 0 Å². The van der Waals surface area contributed by atoms with E-state index in [2.05, 4.69) is 26.1 Å². The van der Waals surface area contributed by atoms with Crippen molar-refractivity contribution in [2.75, 3.05) is 0 Å². The number of ether oxygens (including phenoxy) is 1. The number of pyridine rings is 1. The van der Waals surface area contributed by atoms with Gasteiger partial charge >= 0.3 is 0 Å². The number of hydrogen-bond acceptors (Lipinski definition) is 3. The van der Waals surface area contributed by atoms with Gasteiger partial charge in [0.15, 0.2) is 11.5 Å². The zero-order valence-corrected chi connectivity index (χ0v) is 12.0. The monoisotopic (exact) mass is 317 g/mol. The number of aryl methyl sites for hydroxylation is 1. The molecule has 1 aromatic carbocycles. The fraction of sp³-hybridized carbons (Fsp3) is 0.143. The Morgan fingerprint density at radius 2 is 1.95 bits per heavy atom. The molecule has 2 heterocycles. The molecule has 0 N–H and O–H groups in total. The Morgan fingerprint density at radius 3 is 2.74 bits per heavy atom. The standard InChI is InChI=1S/C14H12BrN3O/c1-10-2-4-12(5-3-10)19-9-14-17-16-13-8-11(15)6-7-18(13)14/h2-8H,9H2,1H3. The van der Waals surface area contributed by atoms with Gasteiger partial charge in [0.05, 0.1) is 0 Å². The van der Waals surface area contributed by atoms with Crippen LogP contribution in [0.25, 0.3) is 5.65 Å². The van der Waals surface area contributed by atoms with Crippen molar-refractivity contribution in [2.45, 2.75) is 13.5 Å². The van der Waals surface area contributed by atoms with Crippen molar-refractivity contribution < 1.29 is 4.74 Å². The summed E-state index contributed by atoms with van der Waals surface area (Å²) >= 11 is 3.41. The third kappa shape index (κ3) is 2.61. The molecule has 0 saturated carbocycles. The minimum atomic E-state index is 0.395. The van der Waals surface area contributed by atoms with Crippen LogP contribution in [0.3, 0.4) is 0 Å². The van der Waals surface area contributed by atoms with E-state index in [-0.39, 0.29) is 0 Å². The third-order valence-corrected chi connectivity index (χ3v) is 3.32. The lowest BCUT2D eigenvalue weighted by molar-refractivity contribution is 0.294. The van der Waals surface area contributed by atoms with Gasteiger partial charge in [0, 0.05) is 10.7 Å². The number of nitrogens with zero attached hydrogens (tertiary/aromatic N) is 3. The molecule has 3 rings (SSSR count). The number of rotatable bonds is 3. The maximum Gasteiger partial charge on any atom is 0.175 e. The lowest BCUT2D eigenvalue weighted by Crippen LogP contribution is -2.01. The molecule has 3 aromatic rings. The van der Waals surface area contributed by atoms with Crippen LogP contribution in [-0.2, 0) is 6.61 Å². The van der Waals surface area contributed by atoms with Gasteiger partial charge in [-0.2, -0.15) is 0 Å². The van der Waals surface area contributed by atoms with Crippen LogP contribution < -0.4 is 4.74 Å². The Labute approximate surface area is 119 Å². The summed E-state index contributed by atoms with van der Waals surface area (Å²) in [6.45, 7) is 2.44. The number of halogens is 1. The van der Waals surface area contributed by atoms with Crippen LogP contribution >= 0.6 is 15.9 Å². The Hall–Kier alpha value is -1.88. The molecule has 0 atom stereocenters. The quantitative estimate of drug-likeness (QED) is 0.743. The first kappa shape index (κ1) is 12.2. The molecular weight excluding hydrogens is 306 g/mol. The van der Waals surface area contributed by atoms with Gasteiger partial charge in [-0.1, -0.05) is 33.6 Å². The van der Waals surface area contributed by atoms with E-state index in [1.165, 1.54) is 5.56 Å². The highest BCUT2D eigenvalue weighted by atomic mass is 79.9. The van der Waals surface area contributed by atoms with Crippen LogP contribution in [0.1, 0.15) is 11.4 Å². The summed E-state index contributed by atoms with van der Waals surface area (Å²) in [6.07, 6.45) is 1.92. The van der Waals surface area contributed by atoms with E-state index in [0.29, 0.717) is 6.61 Å². The van der Waals surface area contributed by atoms with E-state index in [9.17, 15) is 0 Å². The lowest BCUT2D eigenvalue weighted by atomic mass is 10.2. The van der Waals surface area contributed by atoms with Crippen molar-refractivity contribution in [3.63, 3.8) is 0 Å². The molecule has 4 nitrogen and oxygen atoms in total. The summed E-state index contributed by atoms with van der Waals surface area (Å²) < 4.78 is 8.61. The van der Waals surface area contributed by atoms with Crippen molar-refractivity contribution in [3.8, 4) is 5.75 Å². The summed E-state index contributed by atoms with van der Waals surface area (Å²) in [5, 5.41) is 8.25. The van der Waals surface area contributed by atoms with Gasteiger partial charge < -0.3 is 4.74 Å². The van der Waals surface area contributed by atoms with Gasteiger partial charge in [-0.3, -0.25) is 4.40 Å². The third-order valence-electron chi connectivity index (χ3n) is 2.83. The molecule has 0 aliphatic heterocycles. The molecule has 19 heavy (non-hydrogen) atoms. The molecule has 0 bridgehead atoms. The van der Waals surface area contributed by atoms with Crippen LogP contribution in [0, 0.1) is 6.92 Å². The van der Waals surface area contributed by atoms with Gasteiger partial charge in [0.2, 0.25) is 0 Å². The average molecular weight is 318 g/mol. The first-order valence-corrected chi connectivity index (χ1v) is 6.70. The summed E-state index contributed by atoms with van der Waals surface area (Å²) in [5.74, 6) is 1.61. The van der Waals surface area contributed by atoms with E-state index in [1.807, 2.05) is 53.9 Å². The van der Waals surface area contributed by atoms with Crippen molar-refractivity contribution in [2.24, 2.45) is 0 Å². The summed E-state index contributed by atoms with van der Waals surface area (Å²) in [6, 6.07) is 11.8. The maximum absolute atomic E-state index is 5.71. The fourth-order valence-corrected chi connectivity index (χ4v) is 2.12. The minimum absolute atomic E-state index is 0.395. The van der Waals surface area contributed by atoms with Gasteiger partial charge in [0.1, 0.15) is 12.4 Å². The topological polar surface area (TPSA) is 39.4 Å². The molecule has 0 saturated heterocycles. The van der Waals surface area contributed by atoms with E-state index in [0.717, 1.165) is 21.7 Å². The molecule has 0 aliphatic rings. The molecule has 0 aliphatic carbocycles. The van der Waals surface area contributed by atoms with Crippen molar-refractivity contribution in [1.29, 1.82) is 0 Å². The molecule has 0 unspecified atom stereocenters. The van der Waals surface area contributed by atoms with E-state index < -0.39 is 0 Å². The van der Waals surface area contributed by atoms with Gasteiger partial charge in [-0.05, 0) is 31.2 Å². The lowest BCUT2D eigenvalue weighted by Gasteiger charge is -2.05. The average Bonchev–Trinajstić information content (AvgIpc) is 2.80. The van der Waals surface area contributed by atoms with Crippen molar-refractivity contribution in [1.82, 2.24) is 14.6 Å². The highest BCUT2D eigenvalue weighted by molar-refractivity contribution is 9.10. The van der Waals surface area contributed by atoms with Crippen LogP contribution in [0.5, 0.6) is 5.75 Å². The summed E-state index contributed by atoms with van der Waals surface area (Å²) in [4.78, 5) is 0. The van der Waals surface area contributed by atoms with Crippen molar-refractivity contribution >= 4 is 21.6 Å². The highest BCUT2D eigenvalue weighted by Crippen LogP contribution is 2.15. The molecule has 0 fully saturated rings. The minimum Gasteiger partial charge on any atom is -0.486 e. The highest BCUT2D eigenvalue weighted by Gasteiger charge is 2.06. The molecule has 96 valence electrons. The van der Waals surface area contributed by atoms with E-state index in [1.54, 1.807) is 0 Å². The maximum atomic E-state index is 5.71. The molecule has 0 amide bonds. The zero-order chi connectivity index (χ0) is 13.2. The first-order chi connectivity index (χ1) is 9.22. The van der Waals surface area contributed by atoms with Crippen LogP contribution in [-0.4, -0.2) is 14.6 Å². The molecular formula is C14H12BrN3O. The predicted molar refractivity (Wildman–Crippen MR) is 76.2 cm³/mol. The molecule has 5 heteroatoms. The fourth-order valence-electron chi connectivity index (χ4n) is 1.80. The number of benzene rings is 1. The smallest absolute Gasteiger partial charge is 0.175 e. The van der Waals surface area contributed by atoms with E-state index >= 15 is 0 Å². The molecule has 0 radical (unpaired) electrons. The van der Waals surface area contributed by atoms with E-state index in [4.69, 9.17) is 4.74 Å².